The van der Waals surface area contributed by atoms with Gasteiger partial charge in [0.05, 0.1) is 6.61 Å². The second-order valence-electron chi connectivity index (χ2n) is 13.2. The van der Waals surface area contributed by atoms with Crippen LogP contribution < -0.4 is 9.64 Å². The summed E-state index contributed by atoms with van der Waals surface area (Å²) in [5.74, 6) is 1.05. The van der Waals surface area contributed by atoms with Gasteiger partial charge in [-0.2, -0.15) is 0 Å². The fourth-order valence-corrected chi connectivity index (χ4v) is 7.33. The summed E-state index contributed by atoms with van der Waals surface area (Å²) >= 11 is 1.68. The maximum atomic E-state index is 13.0. The number of carbonyl (C=O) groups excluding carboxylic acids is 2. The van der Waals surface area contributed by atoms with Gasteiger partial charge in [-0.3, -0.25) is 9.69 Å². The van der Waals surface area contributed by atoms with Crippen molar-refractivity contribution in [2.45, 2.75) is 83.4 Å². The highest BCUT2D eigenvalue weighted by Crippen LogP contribution is 2.36. The lowest BCUT2D eigenvalue weighted by atomic mass is 9.97. The Morgan fingerprint density at radius 1 is 1.00 bits per heavy atom. The fraction of sp³-hybridized carbons (Fsp3) is 0.500. The first kappa shape index (κ1) is 34.7. The third-order valence-electron chi connectivity index (χ3n) is 8.63. The highest BCUT2D eigenvalue weighted by Gasteiger charge is 2.31. The van der Waals surface area contributed by atoms with Gasteiger partial charge in [-0.15, -0.1) is 11.3 Å². The summed E-state index contributed by atoms with van der Waals surface area (Å²) in [6, 6.07) is 23.9. The van der Waals surface area contributed by atoms with Crippen molar-refractivity contribution >= 4 is 37.1 Å². The average molecular weight is 650 g/mol. The van der Waals surface area contributed by atoms with Gasteiger partial charge < -0.3 is 19.3 Å². The number of benzene rings is 2. The van der Waals surface area contributed by atoms with E-state index in [0.29, 0.717) is 26.0 Å². The highest BCUT2D eigenvalue weighted by molar-refractivity contribution is 7.10. The van der Waals surface area contributed by atoms with E-state index in [0.717, 1.165) is 53.9 Å². The summed E-state index contributed by atoms with van der Waals surface area (Å²) in [7, 11) is 0.536. The molecule has 1 fully saturated rings. The summed E-state index contributed by atoms with van der Waals surface area (Å²) in [4.78, 5) is 33.0. The molecule has 1 saturated heterocycles. The molecule has 2 atom stereocenters. The highest BCUT2D eigenvalue weighted by atomic mass is 32.1. The van der Waals surface area contributed by atoms with Crippen LogP contribution in [0.25, 0.3) is 0 Å². The molecule has 2 aromatic carbocycles. The van der Waals surface area contributed by atoms with Gasteiger partial charge in [-0.05, 0) is 55.5 Å². The smallest absolute Gasteiger partial charge is 0.409 e. The van der Waals surface area contributed by atoms with E-state index in [1.807, 2.05) is 54.3 Å². The Morgan fingerprint density at radius 2 is 1.69 bits per heavy atom. The SMILES string of the molecule is CCC(=O)N(c1ccccc1)C1CCN([C@@H](C)c2ccccc2OC(CCN(C)C(=O)OCC[Si](C)(C)C)c2cccs2)CC1. The monoisotopic (exact) mass is 649 g/mol. The van der Waals surface area contributed by atoms with Crippen LogP contribution in [0, 0.1) is 0 Å². The van der Waals surface area contributed by atoms with Crippen LogP contribution in [0.15, 0.2) is 72.1 Å². The number of para-hydroxylation sites is 2. The van der Waals surface area contributed by atoms with Crippen molar-refractivity contribution in [2.24, 2.45) is 0 Å². The minimum atomic E-state index is -1.26. The molecule has 0 bridgehead atoms. The number of hydrogen-bond donors (Lipinski definition) is 0. The average Bonchev–Trinajstić information content (AvgIpc) is 3.58. The third-order valence-corrected chi connectivity index (χ3v) is 11.3. The molecule has 0 radical (unpaired) electrons. The van der Waals surface area contributed by atoms with Gasteiger partial charge >= 0.3 is 6.09 Å². The van der Waals surface area contributed by atoms with Crippen LogP contribution >= 0.6 is 11.3 Å². The minimum Gasteiger partial charge on any atom is -0.484 e. The van der Waals surface area contributed by atoms with Crippen molar-refractivity contribution < 1.29 is 19.1 Å². The molecule has 0 spiro atoms. The van der Waals surface area contributed by atoms with Crippen molar-refractivity contribution in [1.82, 2.24) is 9.80 Å². The number of anilines is 1. The van der Waals surface area contributed by atoms with Gasteiger partial charge in [0.1, 0.15) is 11.9 Å². The quantitative estimate of drug-likeness (QED) is 0.164. The van der Waals surface area contributed by atoms with E-state index in [1.54, 1.807) is 23.3 Å². The standard InChI is InChI=1S/C36H51N3O4SSi/c1-7-35(40)39(29-14-9-8-10-15-29)30-19-23-38(24-20-30)28(2)31-16-11-12-17-32(31)43-33(34-18-13-26-44-34)21-22-37(3)36(41)42-25-27-45(4,5)6/h8-18,26,28,30,33H,7,19-25,27H2,1-6H3/t28-,33?/m0/s1. The summed E-state index contributed by atoms with van der Waals surface area (Å²) in [5, 5.41) is 2.07. The van der Waals surface area contributed by atoms with E-state index in [2.05, 4.69) is 61.1 Å². The van der Waals surface area contributed by atoms with Crippen LogP contribution in [0.1, 0.15) is 62.1 Å². The van der Waals surface area contributed by atoms with E-state index < -0.39 is 8.07 Å². The first-order valence-electron chi connectivity index (χ1n) is 16.4. The molecular formula is C36H51N3O4SSi. The zero-order valence-electron chi connectivity index (χ0n) is 27.9. The predicted octanol–water partition coefficient (Wildman–Crippen LogP) is 8.63. The molecule has 9 heteroatoms. The van der Waals surface area contributed by atoms with E-state index >= 15 is 0 Å². The van der Waals surface area contributed by atoms with Gasteiger partial charge in [0.25, 0.3) is 0 Å². The van der Waals surface area contributed by atoms with Crippen molar-refractivity contribution in [3.8, 4) is 5.75 Å². The lowest BCUT2D eigenvalue weighted by Gasteiger charge is -2.41. The third kappa shape index (κ3) is 9.92. The lowest BCUT2D eigenvalue weighted by molar-refractivity contribution is -0.119. The molecule has 1 aliphatic rings. The molecule has 1 aliphatic heterocycles. The number of carbonyl (C=O) groups is 2. The molecule has 0 saturated carbocycles. The molecular weight excluding hydrogens is 599 g/mol. The summed E-state index contributed by atoms with van der Waals surface area (Å²) in [6.45, 7) is 13.8. The largest absolute Gasteiger partial charge is 0.484 e. The number of amides is 2. The van der Waals surface area contributed by atoms with Crippen molar-refractivity contribution in [3.63, 3.8) is 0 Å². The molecule has 1 unspecified atom stereocenters. The maximum Gasteiger partial charge on any atom is 0.409 e. The normalized spacial score (nSPS) is 15.7. The zero-order valence-corrected chi connectivity index (χ0v) is 29.7. The number of hydrogen-bond acceptors (Lipinski definition) is 6. The van der Waals surface area contributed by atoms with Crippen LogP contribution in [0.2, 0.25) is 25.7 Å². The lowest BCUT2D eigenvalue weighted by Crippen LogP contribution is -2.48. The van der Waals surface area contributed by atoms with Crippen LogP contribution in [0.5, 0.6) is 5.75 Å². The molecule has 2 heterocycles. The van der Waals surface area contributed by atoms with Crippen LogP contribution in [-0.2, 0) is 9.53 Å². The number of likely N-dealkylation sites (tertiary alicyclic amines) is 1. The molecule has 3 aromatic rings. The molecule has 2 amide bonds. The Kier molecular flexibility index (Phi) is 12.7. The van der Waals surface area contributed by atoms with Gasteiger partial charge in [-0.1, -0.05) is 69.0 Å². The molecule has 244 valence electrons. The topological polar surface area (TPSA) is 62.3 Å². The van der Waals surface area contributed by atoms with E-state index in [1.165, 1.54) is 0 Å². The predicted molar refractivity (Wildman–Crippen MR) is 188 cm³/mol. The maximum absolute atomic E-state index is 13.0. The van der Waals surface area contributed by atoms with Crippen molar-refractivity contribution in [2.75, 3.05) is 38.2 Å². The zero-order chi connectivity index (χ0) is 32.4. The minimum absolute atomic E-state index is 0.155. The number of nitrogens with zero attached hydrogens (tertiary/aromatic N) is 3. The van der Waals surface area contributed by atoms with E-state index in [4.69, 9.17) is 9.47 Å². The number of piperidine rings is 1. The van der Waals surface area contributed by atoms with Gasteiger partial charge in [0.15, 0.2) is 0 Å². The summed E-state index contributed by atoms with van der Waals surface area (Å²) in [6.07, 6.45) is 2.55. The first-order chi connectivity index (χ1) is 21.6. The van der Waals surface area contributed by atoms with E-state index in [9.17, 15) is 9.59 Å². The number of thiophene rings is 1. The Hall–Kier alpha value is -3.14. The van der Waals surface area contributed by atoms with Crippen molar-refractivity contribution in [3.05, 3.63) is 82.6 Å². The number of ether oxygens (including phenoxy) is 2. The molecule has 7 nitrogen and oxygen atoms in total. The molecule has 45 heavy (non-hydrogen) atoms. The van der Waals surface area contributed by atoms with Crippen LogP contribution in [0.4, 0.5) is 10.5 Å². The Morgan fingerprint density at radius 3 is 2.33 bits per heavy atom. The van der Waals surface area contributed by atoms with E-state index in [-0.39, 0.29) is 30.2 Å². The summed E-state index contributed by atoms with van der Waals surface area (Å²) in [5.41, 5.74) is 2.14. The number of rotatable bonds is 14. The molecule has 4 rings (SSSR count). The Bertz CT molecular complexity index is 1340. The Labute approximate surface area is 275 Å². The fourth-order valence-electron chi connectivity index (χ4n) is 5.82. The van der Waals surface area contributed by atoms with Gasteiger partial charge in [0, 0.05) is 75.8 Å². The first-order valence-corrected chi connectivity index (χ1v) is 20.9. The van der Waals surface area contributed by atoms with Crippen LogP contribution in [0.3, 0.4) is 0 Å². The van der Waals surface area contributed by atoms with Gasteiger partial charge in [-0.25, -0.2) is 4.79 Å². The van der Waals surface area contributed by atoms with Gasteiger partial charge in [0.2, 0.25) is 5.91 Å². The summed E-state index contributed by atoms with van der Waals surface area (Å²) < 4.78 is 12.3. The Balaban J connectivity index is 1.40. The van der Waals surface area contributed by atoms with Crippen LogP contribution in [-0.4, -0.2) is 69.2 Å². The second-order valence-corrected chi connectivity index (χ2v) is 19.8. The molecule has 0 N–H and O–H groups in total. The van der Waals surface area contributed by atoms with Crippen molar-refractivity contribution in [1.29, 1.82) is 0 Å². The molecule has 0 aliphatic carbocycles. The molecule has 1 aromatic heterocycles. The second kappa shape index (κ2) is 16.4.